The first-order valence-electron chi connectivity index (χ1n) is 33.1. The first-order valence-corrected chi connectivity index (χ1v) is 33.1. The lowest BCUT2D eigenvalue weighted by molar-refractivity contribution is -0.158. The van der Waals surface area contributed by atoms with E-state index in [1.165, 1.54) is 7.11 Å². The summed E-state index contributed by atoms with van der Waals surface area (Å²) in [5.41, 5.74) is 3.66. The zero-order chi connectivity index (χ0) is 68.3. The fourth-order valence-electron chi connectivity index (χ4n) is 12.5. The number of allylic oxidation sites excluding steroid dienone is 2. The van der Waals surface area contributed by atoms with Gasteiger partial charge in [0.15, 0.2) is 11.6 Å². The molecule has 4 unspecified atom stereocenters. The molecule has 4 atom stereocenters. The molecule has 0 aliphatic heterocycles. The number of fused-ring (bicyclic) bond motifs is 4. The highest BCUT2D eigenvalue weighted by molar-refractivity contribution is 6.22. The second kappa shape index (κ2) is 33.5. The highest BCUT2D eigenvalue weighted by Gasteiger charge is 2.38. The molecular formula is C73H97N7O14. The molecule has 0 spiro atoms. The van der Waals surface area contributed by atoms with Gasteiger partial charge >= 0.3 is 30.0 Å². The predicted molar refractivity (Wildman–Crippen MR) is 357 cm³/mol. The number of amides is 6. The van der Waals surface area contributed by atoms with Gasteiger partial charge in [-0.05, 0) is 169 Å². The molecule has 2 fully saturated rings. The molecule has 0 saturated heterocycles. The van der Waals surface area contributed by atoms with Gasteiger partial charge in [0.05, 0.1) is 12.7 Å². The second-order valence-corrected chi connectivity index (χ2v) is 27.9. The van der Waals surface area contributed by atoms with Crippen molar-refractivity contribution in [2.75, 3.05) is 33.4 Å². The number of hydrogen-bond donors (Lipinski definition) is 7. The number of rotatable bonds is 29. The molecule has 0 heterocycles. The summed E-state index contributed by atoms with van der Waals surface area (Å²) < 4.78 is 21.6. The standard InChI is InChI=1S/C73H97N7O14/c1-45(63-60(81)41-73(8,9)42-61(63)82)77-56(27-17-20-38-75-70(90)92-44-55-53-25-15-13-23-51(53)52-24-14-16-26-54(52)55)65(85)76-43-46-29-33-49(34-30-46)64(84)78-59(40-47-31-32-48-21-11-12-22-50(48)39-47)66(86)74-37-19-18-28-57(67(87)91-10)79-69(89)80-58(68(88)94-72(5,6)7)35-36-62(83)93-71(2,3)4/h11-16,21-26,31-32,39,46,49,55-59,77H,17-20,27-30,33-38,40-44H2,1-10H3,(H,74,86)(H,75,90)(H,76,85)(H,78,84)(H2,79,80,89). The maximum atomic E-state index is 14.2. The van der Waals surface area contributed by atoms with Crippen molar-refractivity contribution in [1.82, 2.24) is 37.2 Å². The molecule has 508 valence electrons. The Bertz CT molecular complexity index is 3340. The summed E-state index contributed by atoms with van der Waals surface area (Å²) in [6, 6.07) is 25.0. The van der Waals surface area contributed by atoms with Crippen LogP contribution in [0.4, 0.5) is 9.59 Å². The van der Waals surface area contributed by atoms with Crippen LogP contribution in [0, 0.1) is 17.3 Å². The van der Waals surface area contributed by atoms with Crippen LogP contribution in [-0.2, 0) is 63.7 Å². The number of methoxy groups -OCH3 is 1. The Hall–Kier alpha value is -8.62. The van der Waals surface area contributed by atoms with E-state index in [9.17, 15) is 47.9 Å². The van der Waals surface area contributed by atoms with Crippen molar-refractivity contribution in [2.45, 2.75) is 200 Å². The highest BCUT2D eigenvalue weighted by atomic mass is 16.6. The number of alkyl carbamates (subject to hydrolysis) is 1. The summed E-state index contributed by atoms with van der Waals surface area (Å²) in [6.07, 6.45) is 4.29. The first-order chi connectivity index (χ1) is 44.6. The van der Waals surface area contributed by atoms with Crippen LogP contribution in [0.25, 0.3) is 21.9 Å². The van der Waals surface area contributed by atoms with Crippen molar-refractivity contribution in [1.29, 1.82) is 0 Å². The van der Waals surface area contributed by atoms with E-state index >= 15 is 0 Å². The molecule has 21 heteroatoms. The van der Waals surface area contributed by atoms with Crippen molar-refractivity contribution < 1.29 is 66.9 Å². The molecule has 0 aromatic heterocycles. The third kappa shape index (κ3) is 22.0. The fourth-order valence-corrected chi connectivity index (χ4v) is 12.5. The van der Waals surface area contributed by atoms with Gasteiger partial charge in [-0.15, -0.1) is 0 Å². The zero-order valence-electron chi connectivity index (χ0n) is 56.4. The average molecular weight is 1300 g/mol. The number of unbranched alkanes of at least 4 members (excludes halogenated alkanes) is 2. The van der Waals surface area contributed by atoms with Crippen LogP contribution in [0.15, 0.2) is 102 Å². The van der Waals surface area contributed by atoms with Gasteiger partial charge in [-0.1, -0.05) is 105 Å². The molecular weight excluding hydrogens is 1200 g/mol. The quantitative estimate of drug-likeness (QED) is 0.00875. The van der Waals surface area contributed by atoms with Crippen LogP contribution < -0.4 is 37.2 Å². The highest BCUT2D eigenvalue weighted by Crippen LogP contribution is 2.44. The molecule has 21 nitrogen and oxygen atoms in total. The smallest absolute Gasteiger partial charge is 0.407 e. The Morgan fingerprint density at radius 2 is 1.14 bits per heavy atom. The maximum Gasteiger partial charge on any atom is 0.407 e. The normalized spacial score (nSPS) is 17.4. The average Bonchev–Trinajstić information content (AvgIpc) is 1.61. The lowest BCUT2D eigenvalue weighted by Gasteiger charge is -2.31. The number of ether oxygens (including phenoxy) is 4. The van der Waals surface area contributed by atoms with E-state index < -0.39 is 82.6 Å². The van der Waals surface area contributed by atoms with E-state index in [1.54, 1.807) is 48.5 Å². The summed E-state index contributed by atoms with van der Waals surface area (Å²) in [5.74, 6) is -3.99. The van der Waals surface area contributed by atoms with E-state index in [0.29, 0.717) is 76.6 Å². The predicted octanol–water partition coefficient (Wildman–Crippen LogP) is 9.65. The van der Waals surface area contributed by atoms with Crippen LogP contribution >= 0.6 is 0 Å². The fraction of sp³-hybridized carbons (Fsp3) is 0.534. The van der Waals surface area contributed by atoms with Crippen molar-refractivity contribution in [3.8, 4) is 11.1 Å². The lowest BCUT2D eigenvalue weighted by Crippen LogP contribution is -2.52. The third-order valence-electron chi connectivity index (χ3n) is 17.2. The molecule has 4 aromatic rings. The Morgan fingerprint density at radius 3 is 1.74 bits per heavy atom. The van der Waals surface area contributed by atoms with E-state index in [4.69, 9.17) is 18.9 Å². The van der Waals surface area contributed by atoms with Gasteiger partial charge in [0, 0.05) is 62.9 Å². The molecule has 4 aromatic carbocycles. The largest absolute Gasteiger partial charge is 0.467 e. The second-order valence-electron chi connectivity index (χ2n) is 27.9. The van der Waals surface area contributed by atoms with Crippen LogP contribution in [0.5, 0.6) is 0 Å². The number of esters is 3. The van der Waals surface area contributed by atoms with Gasteiger partial charge in [-0.3, -0.25) is 28.8 Å². The van der Waals surface area contributed by atoms with Crippen LogP contribution in [0.1, 0.15) is 175 Å². The number of nitrogens with one attached hydrogen (secondary N) is 7. The third-order valence-corrected chi connectivity index (χ3v) is 17.2. The van der Waals surface area contributed by atoms with E-state index in [1.807, 2.05) is 80.6 Å². The Balaban J connectivity index is 0.904. The van der Waals surface area contributed by atoms with Crippen molar-refractivity contribution >= 4 is 70.1 Å². The Labute approximate surface area is 552 Å². The number of carbonyl (C=O) groups is 10. The number of hydrogen-bond acceptors (Lipinski definition) is 15. The van der Waals surface area contributed by atoms with Gasteiger partial charge in [-0.25, -0.2) is 19.2 Å². The van der Waals surface area contributed by atoms with Gasteiger partial charge in [0.1, 0.15) is 42.0 Å². The molecule has 0 radical (unpaired) electrons. The minimum absolute atomic E-state index is 0.0447. The van der Waals surface area contributed by atoms with E-state index in [2.05, 4.69) is 61.5 Å². The van der Waals surface area contributed by atoms with Gasteiger partial charge in [-0.2, -0.15) is 0 Å². The summed E-state index contributed by atoms with van der Waals surface area (Å²) in [5, 5.41) is 22.3. The summed E-state index contributed by atoms with van der Waals surface area (Å²) in [4.78, 5) is 134. The van der Waals surface area contributed by atoms with Crippen molar-refractivity contribution in [3.63, 3.8) is 0 Å². The minimum atomic E-state index is -1.25. The SMILES string of the molecule is COC(=O)C(CCCCNC(=O)C(Cc1ccc2ccccc2c1)NC(=O)C1CCC(CNC(=O)C(CCCCNC(=O)OCC2c3ccccc3-c3ccccc32)NC(C)=C2C(=O)CC(C)(C)CC2=O)CC1)NC(=O)NC(CCC(=O)OC(C)(C)C)C(=O)OC(C)(C)C. The maximum absolute atomic E-state index is 14.2. The number of ketones is 2. The number of benzene rings is 4. The molecule has 6 amide bonds. The van der Waals surface area contributed by atoms with Crippen molar-refractivity contribution in [2.24, 2.45) is 17.3 Å². The molecule has 3 aliphatic rings. The van der Waals surface area contributed by atoms with E-state index in [0.717, 1.165) is 38.6 Å². The topological polar surface area (TPSA) is 292 Å². The van der Waals surface area contributed by atoms with Crippen molar-refractivity contribution in [3.05, 3.63) is 119 Å². The molecule has 2 saturated carbocycles. The number of carbonyl (C=O) groups excluding carboxylic acids is 10. The molecule has 7 rings (SSSR count). The van der Waals surface area contributed by atoms with Gasteiger partial charge in [0.2, 0.25) is 17.7 Å². The molecule has 94 heavy (non-hydrogen) atoms. The lowest BCUT2D eigenvalue weighted by atomic mass is 9.73. The van der Waals surface area contributed by atoms with Crippen LogP contribution in [0.2, 0.25) is 0 Å². The zero-order valence-corrected chi connectivity index (χ0v) is 56.4. The summed E-state index contributed by atoms with van der Waals surface area (Å²) in [7, 11) is 1.18. The number of urea groups is 1. The summed E-state index contributed by atoms with van der Waals surface area (Å²) in [6.45, 7) is 16.6. The first kappa shape index (κ1) is 72.8. The molecule has 0 bridgehead atoms. The number of Topliss-reactive ketones (excluding diaryl/α,β-unsaturated/α-hetero) is 2. The van der Waals surface area contributed by atoms with E-state index in [-0.39, 0.29) is 92.5 Å². The molecule has 3 aliphatic carbocycles. The summed E-state index contributed by atoms with van der Waals surface area (Å²) >= 11 is 0. The van der Waals surface area contributed by atoms with Crippen LogP contribution in [-0.4, -0.2) is 128 Å². The van der Waals surface area contributed by atoms with Gasteiger partial charge in [0.25, 0.3) is 0 Å². The minimum Gasteiger partial charge on any atom is -0.467 e. The Kier molecular flexibility index (Phi) is 25.9. The Morgan fingerprint density at radius 1 is 0.585 bits per heavy atom. The van der Waals surface area contributed by atoms with Crippen LogP contribution in [0.3, 0.4) is 0 Å². The van der Waals surface area contributed by atoms with Gasteiger partial charge < -0.3 is 56.2 Å². The monoisotopic (exact) mass is 1300 g/mol. The molecule has 7 N–H and O–H groups in total.